The molecule has 0 atom stereocenters. The molecule has 0 N–H and O–H groups in total. The summed E-state index contributed by atoms with van der Waals surface area (Å²) in [6.45, 7) is 3.77. The second-order valence-electron chi connectivity index (χ2n) is 4.62. The number of carbonyl (C=O) groups is 1. The third-order valence-electron chi connectivity index (χ3n) is 2.68. The molecule has 0 saturated carbocycles. The Morgan fingerprint density at radius 1 is 1.20 bits per heavy atom. The average molecular weight is 293 g/mol. The van der Waals surface area contributed by atoms with E-state index >= 15 is 0 Å². The summed E-state index contributed by atoms with van der Waals surface area (Å²) in [6.07, 6.45) is -0.0410. The molecule has 0 amide bonds. The van der Waals surface area contributed by atoms with Gasteiger partial charge in [0.25, 0.3) is 0 Å². The standard InChI is InChI=1S/C16H14ClFO2/c1-10(2)20-15-6-4-3-5-12(15)16(19)11-7-8-14(18)13(17)9-11/h3-10H,1-2H3. The Morgan fingerprint density at radius 3 is 2.55 bits per heavy atom. The van der Waals surface area contributed by atoms with E-state index in [1.165, 1.54) is 18.2 Å². The van der Waals surface area contributed by atoms with E-state index in [0.29, 0.717) is 16.9 Å². The maximum Gasteiger partial charge on any atom is 0.196 e. The van der Waals surface area contributed by atoms with Crippen molar-refractivity contribution >= 4 is 17.4 Å². The van der Waals surface area contributed by atoms with E-state index in [1.54, 1.807) is 24.3 Å². The molecule has 0 radical (unpaired) electrons. The van der Waals surface area contributed by atoms with E-state index in [9.17, 15) is 9.18 Å². The van der Waals surface area contributed by atoms with Crippen LogP contribution in [0.2, 0.25) is 5.02 Å². The molecule has 0 unspecified atom stereocenters. The first-order valence-corrected chi connectivity index (χ1v) is 6.62. The molecule has 0 aliphatic carbocycles. The third kappa shape index (κ3) is 3.17. The van der Waals surface area contributed by atoms with Crippen LogP contribution in [0.25, 0.3) is 0 Å². The predicted molar refractivity (Wildman–Crippen MR) is 77.0 cm³/mol. The number of ether oxygens (including phenoxy) is 1. The SMILES string of the molecule is CC(C)Oc1ccccc1C(=O)c1ccc(F)c(Cl)c1. The molecule has 0 aliphatic heterocycles. The molecule has 0 fully saturated rings. The quantitative estimate of drug-likeness (QED) is 0.776. The molecule has 2 rings (SSSR count). The lowest BCUT2D eigenvalue weighted by atomic mass is 10.0. The van der Waals surface area contributed by atoms with Gasteiger partial charge >= 0.3 is 0 Å². The molecular formula is C16H14ClFO2. The fourth-order valence-electron chi connectivity index (χ4n) is 1.80. The smallest absolute Gasteiger partial charge is 0.196 e. The lowest BCUT2D eigenvalue weighted by molar-refractivity contribution is 0.103. The van der Waals surface area contributed by atoms with Gasteiger partial charge in [-0.05, 0) is 44.2 Å². The van der Waals surface area contributed by atoms with E-state index in [4.69, 9.17) is 16.3 Å². The van der Waals surface area contributed by atoms with Gasteiger partial charge in [-0.25, -0.2) is 4.39 Å². The topological polar surface area (TPSA) is 26.3 Å². The molecule has 0 saturated heterocycles. The second kappa shape index (κ2) is 6.06. The van der Waals surface area contributed by atoms with Gasteiger partial charge in [-0.15, -0.1) is 0 Å². The Kier molecular flexibility index (Phi) is 4.40. The number of hydrogen-bond acceptors (Lipinski definition) is 2. The molecule has 0 heterocycles. The molecule has 20 heavy (non-hydrogen) atoms. The van der Waals surface area contributed by atoms with Crippen molar-refractivity contribution in [3.8, 4) is 5.75 Å². The zero-order valence-corrected chi connectivity index (χ0v) is 11.9. The number of halogens is 2. The Labute approximate surface area is 122 Å². The minimum Gasteiger partial charge on any atom is -0.490 e. The van der Waals surface area contributed by atoms with Crippen LogP contribution in [0, 0.1) is 5.82 Å². The number of ketones is 1. The van der Waals surface area contributed by atoms with Crippen LogP contribution >= 0.6 is 11.6 Å². The van der Waals surface area contributed by atoms with Gasteiger partial charge in [-0.2, -0.15) is 0 Å². The van der Waals surface area contributed by atoms with Gasteiger partial charge < -0.3 is 4.74 Å². The number of rotatable bonds is 4. The molecule has 0 aliphatic rings. The van der Waals surface area contributed by atoms with Crippen LogP contribution in [-0.2, 0) is 0 Å². The van der Waals surface area contributed by atoms with Crippen molar-refractivity contribution in [3.63, 3.8) is 0 Å². The third-order valence-corrected chi connectivity index (χ3v) is 2.97. The van der Waals surface area contributed by atoms with Crippen LogP contribution in [0.3, 0.4) is 0 Å². The van der Waals surface area contributed by atoms with Gasteiger partial charge in [0.05, 0.1) is 16.7 Å². The van der Waals surface area contributed by atoms with Gasteiger partial charge in [0.15, 0.2) is 5.78 Å². The monoisotopic (exact) mass is 292 g/mol. The van der Waals surface area contributed by atoms with Crippen LogP contribution in [0.15, 0.2) is 42.5 Å². The van der Waals surface area contributed by atoms with Crippen LogP contribution in [-0.4, -0.2) is 11.9 Å². The number of para-hydroxylation sites is 1. The molecule has 2 aromatic rings. The summed E-state index contributed by atoms with van der Waals surface area (Å²) in [5, 5.41) is -0.0712. The first-order chi connectivity index (χ1) is 9.49. The largest absolute Gasteiger partial charge is 0.490 e. The van der Waals surface area contributed by atoms with Crippen molar-refractivity contribution in [1.29, 1.82) is 0 Å². The Balaban J connectivity index is 2.40. The van der Waals surface area contributed by atoms with E-state index in [2.05, 4.69) is 0 Å². The summed E-state index contributed by atoms with van der Waals surface area (Å²) in [6, 6.07) is 10.9. The number of benzene rings is 2. The highest BCUT2D eigenvalue weighted by molar-refractivity contribution is 6.31. The van der Waals surface area contributed by atoms with Crippen LogP contribution in [0.4, 0.5) is 4.39 Å². The predicted octanol–water partition coefficient (Wildman–Crippen LogP) is 4.50. The van der Waals surface area contributed by atoms with E-state index < -0.39 is 5.82 Å². The Morgan fingerprint density at radius 2 is 1.90 bits per heavy atom. The van der Waals surface area contributed by atoms with Crippen molar-refractivity contribution in [2.45, 2.75) is 20.0 Å². The highest BCUT2D eigenvalue weighted by Gasteiger charge is 2.16. The summed E-state index contributed by atoms with van der Waals surface area (Å²) < 4.78 is 18.8. The first-order valence-electron chi connectivity index (χ1n) is 6.24. The van der Waals surface area contributed by atoms with Crippen LogP contribution in [0.5, 0.6) is 5.75 Å². The van der Waals surface area contributed by atoms with Crippen molar-refractivity contribution < 1.29 is 13.9 Å². The van der Waals surface area contributed by atoms with E-state index in [0.717, 1.165) is 0 Å². The van der Waals surface area contributed by atoms with Crippen molar-refractivity contribution in [2.75, 3.05) is 0 Å². The minimum absolute atomic E-state index is 0.0410. The van der Waals surface area contributed by atoms with Crippen LogP contribution in [0.1, 0.15) is 29.8 Å². The Bertz CT molecular complexity index is 638. The number of carbonyl (C=O) groups excluding carboxylic acids is 1. The van der Waals surface area contributed by atoms with Crippen molar-refractivity contribution in [1.82, 2.24) is 0 Å². The summed E-state index contributed by atoms with van der Waals surface area (Å²) in [7, 11) is 0. The van der Waals surface area contributed by atoms with Gasteiger partial charge in [-0.3, -0.25) is 4.79 Å². The molecule has 2 aromatic carbocycles. The number of hydrogen-bond donors (Lipinski definition) is 0. The molecule has 0 spiro atoms. The van der Waals surface area contributed by atoms with E-state index in [1.807, 2.05) is 13.8 Å². The summed E-state index contributed by atoms with van der Waals surface area (Å²) in [4.78, 5) is 12.5. The maximum atomic E-state index is 13.1. The fraction of sp³-hybridized carbons (Fsp3) is 0.188. The van der Waals surface area contributed by atoms with Crippen molar-refractivity contribution in [3.05, 3.63) is 64.4 Å². The zero-order chi connectivity index (χ0) is 14.7. The lowest BCUT2D eigenvalue weighted by Gasteiger charge is -2.13. The Hall–Kier alpha value is -1.87. The minimum atomic E-state index is -0.546. The molecule has 2 nitrogen and oxygen atoms in total. The van der Waals surface area contributed by atoms with Gasteiger partial charge in [0, 0.05) is 5.56 Å². The van der Waals surface area contributed by atoms with Gasteiger partial charge in [0.1, 0.15) is 11.6 Å². The van der Waals surface area contributed by atoms with E-state index in [-0.39, 0.29) is 16.9 Å². The van der Waals surface area contributed by atoms with Gasteiger partial charge in [-0.1, -0.05) is 23.7 Å². The first kappa shape index (κ1) is 14.5. The summed E-state index contributed by atoms with van der Waals surface area (Å²) >= 11 is 5.71. The van der Waals surface area contributed by atoms with Crippen molar-refractivity contribution in [2.24, 2.45) is 0 Å². The molecule has 104 valence electrons. The van der Waals surface area contributed by atoms with Crippen LogP contribution < -0.4 is 4.74 Å². The summed E-state index contributed by atoms with van der Waals surface area (Å²) in [5.41, 5.74) is 0.764. The normalized spacial score (nSPS) is 10.7. The molecule has 4 heteroatoms. The highest BCUT2D eigenvalue weighted by Crippen LogP contribution is 2.24. The van der Waals surface area contributed by atoms with Gasteiger partial charge in [0.2, 0.25) is 0 Å². The zero-order valence-electron chi connectivity index (χ0n) is 11.2. The fourth-order valence-corrected chi connectivity index (χ4v) is 1.98. The molecular weight excluding hydrogens is 279 g/mol. The molecule has 0 aromatic heterocycles. The maximum absolute atomic E-state index is 13.1. The second-order valence-corrected chi connectivity index (χ2v) is 5.03. The molecule has 0 bridgehead atoms. The average Bonchev–Trinajstić information content (AvgIpc) is 2.41. The highest BCUT2D eigenvalue weighted by atomic mass is 35.5. The lowest BCUT2D eigenvalue weighted by Crippen LogP contribution is -2.10. The summed E-state index contributed by atoms with van der Waals surface area (Å²) in [5.74, 6) is -0.286.